The van der Waals surface area contributed by atoms with E-state index in [1.165, 1.54) is 41.1 Å². The van der Waals surface area contributed by atoms with E-state index in [0.717, 1.165) is 0 Å². The van der Waals surface area contributed by atoms with Crippen LogP contribution in [0.3, 0.4) is 0 Å². The van der Waals surface area contributed by atoms with Gasteiger partial charge in [-0.3, -0.25) is 0 Å². The minimum absolute atomic E-state index is 0.00134. The third-order valence-electron chi connectivity index (χ3n) is 5.02. The zero-order valence-corrected chi connectivity index (χ0v) is 18.6. The van der Waals surface area contributed by atoms with Gasteiger partial charge in [0.25, 0.3) is 0 Å². The predicted molar refractivity (Wildman–Crippen MR) is 103 cm³/mol. The Labute approximate surface area is 172 Å². The number of fused-ring (bicyclic) bond motifs is 3. The van der Waals surface area contributed by atoms with Crippen LogP contribution in [0.4, 0.5) is 0 Å². The molecule has 0 heterocycles. The van der Waals surface area contributed by atoms with Gasteiger partial charge in [0.15, 0.2) is 0 Å². The molecule has 4 aliphatic carbocycles. The van der Waals surface area contributed by atoms with Crippen LogP contribution in [0.2, 0.25) is 0 Å². The second-order valence-corrected chi connectivity index (χ2v) is 10.5. The molecule has 4 aliphatic rings. The normalized spacial score (nSPS) is 25.4. The van der Waals surface area contributed by atoms with E-state index in [1.54, 1.807) is 0 Å². The minimum atomic E-state index is -0.826. The molecule has 3 heteroatoms. The van der Waals surface area contributed by atoms with Gasteiger partial charge in [-0.25, -0.2) is 0 Å². The summed E-state index contributed by atoms with van der Waals surface area (Å²) in [4.78, 5) is 0. The SMILES string of the molecule is CC1=CC=C[C]2[C]1[C]1C=CC=C[C]1[C]2C(C)(C)[C]1[CH][CH][CH][CH]1.[Cl][Zr+2][Cl]. The summed E-state index contributed by atoms with van der Waals surface area (Å²) in [5.74, 6) is 8.41. The Morgan fingerprint density at radius 1 is 0.840 bits per heavy atom. The van der Waals surface area contributed by atoms with Crippen molar-refractivity contribution in [2.24, 2.45) is 5.41 Å². The van der Waals surface area contributed by atoms with E-state index in [1.807, 2.05) is 0 Å². The molecule has 10 radical (unpaired) electrons. The second kappa shape index (κ2) is 8.62. The zero-order chi connectivity index (χ0) is 18.0. The second-order valence-electron chi connectivity index (χ2n) is 6.79. The Morgan fingerprint density at radius 2 is 1.40 bits per heavy atom. The van der Waals surface area contributed by atoms with E-state index in [9.17, 15) is 0 Å². The van der Waals surface area contributed by atoms with Crippen LogP contribution >= 0.6 is 17.0 Å². The molecule has 0 N–H and O–H groups in total. The van der Waals surface area contributed by atoms with Gasteiger partial charge in [-0.1, -0.05) is 62.0 Å². The van der Waals surface area contributed by atoms with E-state index in [2.05, 4.69) is 89.0 Å². The van der Waals surface area contributed by atoms with Crippen molar-refractivity contribution >= 4 is 17.0 Å². The summed E-state index contributed by atoms with van der Waals surface area (Å²) in [6.07, 6.45) is 24.3. The Kier molecular flexibility index (Phi) is 6.95. The van der Waals surface area contributed by atoms with Gasteiger partial charge in [-0.2, -0.15) is 0 Å². The van der Waals surface area contributed by atoms with Crippen LogP contribution < -0.4 is 0 Å². The summed E-state index contributed by atoms with van der Waals surface area (Å²) in [6, 6.07) is 0. The van der Waals surface area contributed by atoms with Crippen molar-refractivity contribution in [1.82, 2.24) is 0 Å². The number of hydrogen-bond donors (Lipinski definition) is 0. The summed E-state index contributed by atoms with van der Waals surface area (Å²) >= 11 is -0.826. The van der Waals surface area contributed by atoms with Crippen molar-refractivity contribution < 1.29 is 20.8 Å². The molecule has 2 saturated carbocycles. The maximum atomic E-state index is 4.93. The third-order valence-corrected chi connectivity index (χ3v) is 5.02. The van der Waals surface area contributed by atoms with Crippen LogP contribution in [-0.4, -0.2) is 0 Å². The maximum absolute atomic E-state index is 4.93. The fraction of sp³-hybridized carbons (Fsp3) is 0.182. The van der Waals surface area contributed by atoms with Crippen molar-refractivity contribution in [2.45, 2.75) is 20.8 Å². The Hall–Kier alpha value is 0.423. The monoisotopic (exact) mass is 444 g/mol. The molecule has 0 aromatic rings. The first kappa shape index (κ1) is 20.2. The Balaban J connectivity index is 0.000000569. The van der Waals surface area contributed by atoms with Gasteiger partial charge >= 0.3 is 37.9 Å². The molecule has 0 unspecified atom stereocenters. The van der Waals surface area contributed by atoms with Crippen molar-refractivity contribution in [3.8, 4) is 0 Å². The topological polar surface area (TPSA) is 0 Å². The first-order valence-corrected chi connectivity index (χ1v) is 14.6. The van der Waals surface area contributed by atoms with E-state index < -0.39 is 20.8 Å². The molecule has 0 bridgehead atoms. The van der Waals surface area contributed by atoms with Gasteiger partial charge < -0.3 is 0 Å². The molecular formula is C22H20Cl2Zr+2. The number of halogens is 2. The van der Waals surface area contributed by atoms with E-state index >= 15 is 0 Å². The molecule has 0 aromatic carbocycles. The average molecular weight is 447 g/mol. The predicted octanol–water partition coefficient (Wildman–Crippen LogP) is 6.32. The van der Waals surface area contributed by atoms with E-state index in [0.29, 0.717) is 0 Å². The molecule has 0 amide bonds. The number of rotatable bonds is 2. The Bertz CT molecular complexity index is 581. The molecule has 0 nitrogen and oxygen atoms in total. The van der Waals surface area contributed by atoms with Crippen molar-refractivity contribution in [1.29, 1.82) is 0 Å². The van der Waals surface area contributed by atoms with Crippen molar-refractivity contribution in [3.05, 3.63) is 109 Å². The summed E-state index contributed by atoms with van der Waals surface area (Å²) in [5, 5.41) is 0. The molecule has 0 spiro atoms. The number of hydrogen-bond acceptors (Lipinski definition) is 0. The van der Waals surface area contributed by atoms with Gasteiger partial charge in [0.05, 0.1) is 0 Å². The Morgan fingerprint density at radius 3 is 2.04 bits per heavy atom. The van der Waals surface area contributed by atoms with Gasteiger partial charge in [0, 0.05) is 29.6 Å². The van der Waals surface area contributed by atoms with Gasteiger partial charge in [0.2, 0.25) is 0 Å². The molecule has 2 fully saturated rings. The van der Waals surface area contributed by atoms with E-state index in [-0.39, 0.29) is 5.41 Å². The molecule has 0 aliphatic heterocycles. The summed E-state index contributed by atoms with van der Waals surface area (Å²) < 4.78 is 0. The van der Waals surface area contributed by atoms with Crippen molar-refractivity contribution in [3.63, 3.8) is 0 Å². The average Bonchev–Trinajstić information content (AvgIpc) is 3.23. The van der Waals surface area contributed by atoms with E-state index in [4.69, 9.17) is 17.0 Å². The fourth-order valence-corrected chi connectivity index (χ4v) is 3.91. The summed E-state index contributed by atoms with van der Waals surface area (Å²) in [5.41, 5.74) is 1.36. The molecule has 0 atom stereocenters. The molecule has 0 aromatic heterocycles. The third kappa shape index (κ3) is 3.86. The van der Waals surface area contributed by atoms with Crippen molar-refractivity contribution in [2.75, 3.05) is 0 Å². The summed E-state index contributed by atoms with van der Waals surface area (Å²) in [6.45, 7) is 6.89. The molecule has 4 rings (SSSR count). The van der Waals surface area contributed by atoms with Crippen LogP contribution in [-0.2, 0) is 20.8 Å². The van der Waals surface area contributed by atoms with Gasteiger partial charge in [0.1, 0.15) is 0 Å². The van der Waals surface area contributed by atoms with Crippen LogP contribution in [0.25, 0.3) is 0 Å². The van der Waals surface area contributed by atoms with Gasteiger partial charge in [-0.15, -0.1) is 0 Å². The molecule has 0 saturated heterocycles. The quantitative estimate of drug-likeness (QED) is 0.466. The van der Waals surface area contributed by atoms with Crippen LogP contribution in [0, 0.1) is 66.6 Å². The zero-order valence-electron chi connectivity index (χ0n) is 14.6. The van der Waals surface area contributed by atoms with Crippen LogP contribution in [0.5, 0.6) is 0 Å². The van der Waals surface area contributed by atoms with Crippen LogP contribution in [0.1, 0.15) is 20.8 Å². The fourth-order valence-electron chi connectivity index (χ4n) is 3.91. The molecule has 124 valence electrons. The first-order valence-electron chi connectivity index (χ1n) is 8.28. The molecule has 25 heavy (non-hydrogen) atoms. The number of allylic oxidation sites excluding steroid dienone is 8. The van der Waals surface area contributed by atoms with Crippen LogP contribution in [0.15, 0.2) is 48.1 Å². The standard InChI is InChI=1S/C22H20.2ClH.Zr/c1-15-9-8-14-19-20(15)17-12-6-7-13-18(17)21(19)22(2,3)16-10-4-5-11-16;;;/h4-14H,1-3H3;2*1H;/q;;;+4/p-2. The van der Waals surface area contributed by atoms with Gasteiger partial charge in [-0.05, 0) is 43.9 Å². The first-order chi connectivity index (χ1) is 12.0. The molecular weight excluding hydrogens is 426 g/mol. The summed E-state index contributed by atoms with van der Waals surface area (Å²) in [7, 11) is 9.87.